The maximum atomic E-state index is 12.7. The molecule has 0 radical (unpaired) electrons. The van der Waals surface area contributed by atoms with Crippen LogP contribution in [0.4, 0.5) is 30.8 Å². The Balaban J connectivity index is 1.31. The summed E-state index contributed by atoms with van der Waals surface area (Å²) in [7, 11) is -1.71. The first-order valence-electron chi connectivity index (χ1n) is 14.3. The Morgan fingerprint density at radius 1 is 1.09 bits per heavy atom. The van der Waals surface area contributed by atoms with E-state index in [9.17, 15) is 22.7 Å². The van der Waals surface area contributed by atoms with Crippen LogP contribution in [0.15, 0.2) is 71.9 Å². The third-order valence-corrected chi connectivity index (χ3v) is 10.5. The minimum atomic E-state index is -3.47. The van der Waals surface area contributed by atoms with Crippen LogP contribution in [0.5, 0.6) is 5.75 Å². The number of aryl methyl sites for hydroxylation is 1. The molecule has 4 aromatic rings. The normalized spacial score (nSPS) is 18.0. The van der Waals surface area contributed by atoms with Crippen LogP contribution in [0.1, 0.15) is 25.5 Å². The molecule has 6 rings (SSSR count). The fourth-order valence-corrected chi connectivity index (χ4v) is 7.36. The summed E-state index contributed by atoms with van der Waals surface area (Å²) in [5.74, 6) is 0.940. The first kappa shape index (κ1) is 30.7. The lowest BCUT2D eigenvalue weighted by atomic mass is 10.1. The van der Waals surface area contributed by atoms with Gasteiger partial charge in [-0.1, -0.05) is 0 Å². The van der Waals surface area contributed by atoms with Crippen molar-refractivity contribution in [3.05, 3.63) is 72.7 Å². The first-order chi connectivity index (χ1) is 21.5. The van der Waals surface area contributed by atoms with Gasteiger partial charge in [-0.25, -0.2) is 14.8 Å². The first-order valence-corrected chi connectivity index (χ1v) is 15.8. The number of hydrogen-bond acceptors (Lipinski definition) is 9. The minimum absolute atomic E-state index is 0.0251. The molecule has 0 unspecified atom stereocenters. The number of morpholine rings is 1. The van der Waals surface area contributed by atoms with Crippen molar-refractivity contribution in [2.45, 2.75) is 42.1 Å². The number of nitrogens with zero attached hydrogens (tertiary/aromatic N) is 5. The number of anilines is 3. The number of carbonyl (C=O) groups excluding carboxylic acids is 1. The molecule has 4 N–H and O–H groups in total. The van der Waals surface area contributed by atoms with Gasteiger partial charge in [0.1, 0.15) is 16.3 Å². The van der Waals surface area contributed by atoms with Gasteiger partial charge in [0.15, 0.2) is 5.82 Å². The third kappa shape index (κ3) is 6.42. The van der Waals surface area contributed by atoms with E-state index in [1.165, 1.54) is 24.3 Å². The van der Waals surface area contributed by atoms with Gasteiger partial charge in [0.05, 0.1) is 41.7 Å². The highest BCUT2D eigenvalue weighted by Gasteiger charge is 2.57. The lowest BCUT2D eigenvalue weighted by Gasteiger charge is -2.41. The zero-order valence-electron chi connectivity index (χ0n) is 24.6. The van der Waals surface area contributed by atoms with E-state index in [4.69, 9.17) is 14.7 Å². The summed E-state index contributed by atoms with van der Waals surface area (Å²) in [6, 6.07) is 13.8. The number of alkyl halides is 2. The van der Waals surface area contributed by atoms with Crippen LogP contribution in [0.2, 0.25) is 0 Å². The van der Waals surface area contributed by atoms with E-state index in [2.05, 4.69) is 25.4 Å². The molecule has 0 spiro atoms. The van der Waals surface area contributed by atoms with Gasteiger partial charge in [0.25, 0.3) is 0 Å². The number of aromatic nitrogens is 4. The molecule has 45 heavy (non-hydrogen) atoms. The van der Waals surface area contributed by atoms with E-state index in [-0.39, 0.29) is 16.7 Å². The average Bonchev–Trinajstić information content (AvgIpc) is 3.75. The maximum absolute atomic E-state index is 12.7. The average molecular weight is 642 g/mol. The number of urea groups is 1. The van der Waals surface area contributed by atoms with Gasteiger partial charge in [0.2, 0.25) is 0 Å². The lowest BCUT2D eigenvalue weighted by molar-refractivity contribution is -0.0498. The highest BCUT2D eigenvalue weighted by molar-refractivity contribution is 8.25. The number of halogens is 2. The van der Waals surface area contributed by atoms with Crippen LogP contribution >= 0.6 is 10.6 Å². The second-order valence-corrected chi connectivity index (χ2v) is 13.4. The fourth-order valence-electron chi connectivity index (χ4n) is 5.33. The Labute approximate surface area is 259 Å². The molecule has 12 nitrogen and oxygen atoms in total. The molecule has 3 heterocycles. The van der Waals surface area contributed by atoms with Crippen molar-refractivity contribution in [2.24, 2.45) is 7.05 Å². The quantitative estimate of drug-likeness (QED) is 0.169. The Morgan fingerprint density at radius 2 is 1.80 bits per heavy atom. The Bertz CT molecular complexity index is 1670. The van der Waals surface area contributed by atoms with Crippen LogP contribution in [-0.2, 0) is 16.5 Å². The molecule has 238 valence electrons. The van der Waals surface area contributed by atoms with E-state index < -0.39 is 28.0 Å². The summed E-state index contributed by atoms with van der Waals surface area (Å²) in [5.41, 5.74) is 2.25. The van der Waals surface area contributed by atoms with Crippen molar-refractivity contribution in [3.63, 3.8) is 0 Å². The predicted molar refractivity (Wildman–Crippen MR) is 166 cm³/mol. The molecule has 1 aliphatic carbocycles. The molecule has 15 heteroatoms. The summed E-state index contributed by atoms with van der Waals surface area (Å²) in [4.78, 5) is 24.5. The highest BCUT2D eigenvalue weighted by atomic mass is 32.3. The summed E-state index contributed by atoms with van der Waals surface area (Å²) in [6.45, 7) is 0.680. The van der Waals surface area contributed by atoms with Gasteiger partial charge in [0, 0.05) is 37.1 Å². The van der Waals surface area contributed by atoms with E-state index in [1.54, 1.807) is 54.5 Å². The van der Waals surface area contributed by atoms with Crippen molar-refractivity contribution >= 4 is 33.8 Å². The Morgan fingerprint density at radius 3 is 2.42 bits per heavy atom. The van der Waals surface area contributed by atoms with Gasteiger partial charge in [-0.3, -0.25) is 13.8 Å². The van der Waals surface area contributed by atoms with Crippen molar-refractivity contribution in [1.29, 1.82) is 0 Å². The fraction of sp³-hybridized carbons (Fsp3) is 0.333. The Hall–Kier alpha value is -4.31. The van der Waals surface area contributed by atoms with E-state index in [0.29, 0.717) is 66.9 Å². The smallest absolute Gasteiger partial charge is 0.387 e. The zero-order valence-corrected chi connectivity index (χ0v) is 25.4. The van der Waals surface area contributed by atoms with Gasteiger partial charge in [-0.2, -0.15) is 24.5 Å². The lowest BCUT2D eigenvalue weighted by Crippen LogP contribution is -2.44. The second kappa shape index (κ2) is 12.2. The number of carbonyl (C=O) groups is 1. The molecule has 2 fully saturated rings. The number of nitrogens with one attached hydrogen (secondary N) is 2. The van der Waals surface area contributed by atoms with E-state index in [0.717, 1.165) is 0 Å². The molecule has 0 bridgehead atoms. The third-order valence-electron chi connectivity index (χ3n) is 7.83. The maximum Gasteiger partial charge on any atom is 0.387 e. The number of hydrogen-bond donors (Lipinski definition) is 4. The standard InChI is InChI=1S/C30H33F2N7O5S/c1-19-18-43-14-13-39(19)26-15-25(30(11-12-30)45(41,42)24-9-7-23(8-10-24)44-28(31)32)36-27(37-26)20-3-5-21(6-4-20)34-29(40)35-22-16-33-38(2)17-22/h3-10,15-17,19,28,41-42H,11-14,18H2,1-2H3,(H2,34,35,40)/t19-/m0/s1. The molecule has 2 aliphatic rings. The van der Waals surface area contributed by atoms with Crippen LogP contribution in [0, 0.1) is 0 Å². The molecule has 1 saturated carbocycles. The number of benzene rings is 2. The zero-order chi connectivity index (χ0) is 31.8. The largest absolute Gasteiger partial charge is 0.435 e. The second-order valence-electron chi connectivity index (χ2n) is 11.0. The number of amides is 2. The molecular formula is C30H33F2N7O5S. The molecular weight excluding hydrogens is 608 g/mol. The van der Waals surface area contributed by atoms with Crippen LogP contribution in [-0.4, -0.2) is 67.3 Å². The highest BCUT2D eigenvalue weighted by Crippen LogP contribution is 2.75. The molecule has 1 saturated heterocycles. The van der Waals surface area contributed by atoms with E-state index >= 15 is 0 Å². The molecule has 2 aromatic heterocycles. The monoisotopic (exact) mass is 641 g/mol. The summed E-state index contributed by atoms with van der Waals surface area (Å²) >= 11 is 0. The molecule has 1 atom stereocenters. The summed E-state index contributed by atoms with van der Waals surface area (Å²) < 4.78 is 59.2. The van der Waals surface area contributed by atoms with Crippen molar-refractivity contribution in [1.82, 2.24) is 19.7 Å². The van der Waals surface area contributed by atoms with Gasteiger partial charge < -0.3 is 25.0 Å². The van der Waals surface area contributed by atoms with Gasteiger partial charge in [-0.15, -0.1) is 0 Å². The topological polar surface area (TPSA) is 147 Å². The van der Waals surface area contributed by atoms with E-state index in [1.807, 2.05) is 6.92 Å². The van der Waals surface area contributed by atoms with Gasteiger partial charge in [-0.05, 0) is 68.3 Å². The summed E-state index contributed by atoms with van der Waals surface area (Å²) in [6.07, 6.45) is 4.15. The van der Waals surface area contributed by atoms with Crippen molar-refractivity contribution < 1.29 is 32.2 Å². The predicted octanol–water partition coefficient (Wildman–Crippen LogP) is 6.15. The Kier molecular flexibility index (Phi) is 8.35. The number of ether oxygens (including phenoxy) is 2. The molecule has 2 amide bonds. The van der Waals surface area contributed by atoms with Crippen molar-refractivity contribution in [3.8, 4) is 17.1 Å². The number of rotatable bonds is 9. The van der Waals surface area contributed by atoms with Crippen LogP contribution < -0.4 is 20.3 Å². The SMILES string of the molecule is C[C@H]1COCCN1c1cc(C2(S(O)(O)c3ccc(OC(F)F)cc3)CC2)nc(-c2ccc(NC(=O)Nc3cnn(C)c3)cc2)n1. The van der Waals surface area contributed by atoms with Gasteiger partial charge >= 0.3 is 12.6 Å². The molecule has 2 aromatic carbocycles. The van der Waals surface area contributed by atoms with Crippen LogP contribution in [0.3, 0.4) is 0 Å². The molecule has 1 aliphatic heterocycles. The van der Waals surface area contributed by atoms with Crippen LogP contribution in [0.25, 0.3) is 11.4 Å². The summed E-state index contributed by atoms with van der Waals surface area (Å²) in [5, 5.41) is 9.53. The minimum Gasteiger partial charge on any atom is -0.435 e. The van der Waals surface area contributed by atoms with Crippen molar-refractivity contribution in [2.75, 3.05) is 35.3 Å².